The summed E-state index contributed by atoms with van der Waals surface area (Å²) in [6, 6.07) is 14.5. The predicted molar refractivity (Wildman–Crippen MR) is 110 cm³/mol. The van der Waals surface area contributed by atoms with Crippen LogP contribution in [0.3, 0.4) is 0 Å². The second-order valence-corrected chi connectivity index (χ2v) is 7.08. The maximum absolute atomic E-state index is 12.7. The van der Waals surface area contributed by atoms with Crippen LogP contribution in [0, 0.1) is 13.8 Å². The molecular weight excluding hydrogens is 354 g/mol. The first-order valence-electron chi connectivity index (χ1n) is 9.27. The number of hydrogen-bond donors (Lipinski definition) is 2. The van der Waals surface area contributed by atoms with E-state index in [0.29, 0.717) is 11.3 Å². The van der Waals surface area contributed by atoms with E-state index in [1.165, 1.54) is 4.90 Å². The van der Waals surface area contributed by atoms with Crippen molar-refractivity contribution in [2.45, 2.75) is 33.7 Å². The van der Waals surface area contributed by atoms with Crippen molar-refractivity contribution in [3.8, 4) is 0 Å². The normalized spacial score (nSPS) is 10.5. The molecule has 0 unspecified atom stereocenters. The van der Waals surface area contributed by atoms with E-state index < -0.39 is 0 Å². The molecule has 28 heavy (non-hydrogen) atoms. The summed E-state index contributed by atoms with van der Waals surface area (Å²) in [7, 11) is 0. The van der Waals surface area contributed by atoms with E-state index in [2.05, 4.69) is 10.6 Å². The molecule has 6 nitrogen and oxygen atoms in total. The standard InChI is InChI=1S/C22H27N3O3/c1-15(2)25(22(28)18-9-5-16(3)6-10-18)14-21(27)23-13-20(26)24-19-11-7-17(4)8-12-19/h5-12,15H,13-14H2,1-4H3,(H,23,27)(H,24,26). The van der Waals surface area contributed by atoms with Gasteiger partial charge in [0.15, 0.2) is 0 Å². The van der Waals surface area contributed by atoms with Gasteiger partial charge in [-0.2, -0.15) is 0 Å². The lowest BCUT2D eigenvalue weighted by Crippen LogP contribution is -2.45. The van der Waals surface area contributed by atoms with Gasteiger partial charge in [-0.3, -0.25) is 14.4 Å². The van der Waals surface area contributed by atoms with E-state index in [1.54, 1.807) is 24.3 Å². The largest absolute Gasteiger partial charge is 0.345 e. The molecule has 0 saturated carbocycles. The number of rotatable bonds is 7. The summed E-state index contributed by atoms with van der Waals surface area (Å²) in [5.74, 6) is -0.916. The van der Waals surface area contributed by atoms with Gasteiger partial charge in [0.2, 0.25) is 11.8 Å². The highest BCUT2D eigenvalue weighted by Crippen LogP contribution is 2.10. The third-order valence-electron chi connectivity index (χ3n) is 4.28. The lowest BCUT2D eigenvalue weighted by Gasteiger charge is -2.26. The van der Waals surface area contributed by atoms with Crippen molar-refractivity contribution in [2.24, 2.45) is 0 Å². The predicted octanol–water partition coefficient (Wildman–Crippen LogP) is 2.91. The lowest BCUT2D eigenvalue weighted by atomic mass is 10.1. The number of amides is 3. The van der Waals surface area contributed by atoms with E-state index in [9.17, 15) is 14.4 Å². The zero-order chi connectivity index (χ0) is 20.7. The molecule has 0 fully saturated rings. The monoisotopic (exact) mass is 381 g/mol. The Bertz CT molecular complexity index is 827. The van der Waals surface area contributed by atoms with Crippen molar-refractivity contribution in [2.75, 3.05) is 18.4 Å². The summed E-state index contributed by atoms with van der Waals surface area (Å²) < 4.78 is 0. The molecule has 0 radical (unpaired) electrons. The molecule has 0 spiro atoms. The van der Waals surface area contributed by atoms with Crippen molar-refractivity contribution >= 4 is 23.4 Å². The van der Waals surface area contributed by atoms with Crippen LogP contribution < -0.4 is 10.6 Å². The fraction of sp³-hybridized carbons (Fsp3) is 0.318. The molecule has 0 aliphatic heterocycles. The molecule has 2 N–H and O–H groups in total. The topological polar surface area (TPSA) is 78.5 Å². The van der Waals surface area contributed by atoms with Crippen molar-refractivity contribution < 1.29 is 14.4 Å². The number of nitrogens with one attached hydrogen (secondary N) is 2. The van der Waals surface area contributed by atoms with Gasteiger partial charge in [0, 0.05) is 17.3 Å². The van der Waals surface area contributed by atoms with E-state index in [0.717, 1.165) is 11.1 Å². The lowest BCUT2D eigenvalue weighted by molar-refractivity contribution is -0.124. The number of carbonyl (C=O) groups is 3. The maximum atomic E-state index is 12.7. The fourth-order valence-electron chi connectivity index (χ4n) is 2.58. The van der Waals surface area contributed by atoms with Gasteiger partial charge < -0.3 is 15.5 Å². The molecule has 2 aromatic rings. The molecule has 2 aromatic carbocycles. The Labute approximate surface area is 165 Å². The Balaban J connectivity index is 1.89. The molecule has 6 heteroatoms. The molecule has 0 aliphatic carbocycles. The molecule has 0 atom stereocenters. The average Bonchev–Trinajstić information content (AvgIpc) is 2.66. The van der Waals surface area contributed by atoms with Crippen molar-refractivity contribution in [1.82, 2.24) is 10.2 Å². The van der Waals surface area contributed by atoms with Crippen molar-refractivity contribution in [3.05, 3.63) is 65.2 Å². The van der Waals surface area contributed by atoms with Crippen LogP contribution in [-0.2, 0) is 9.59 Å². The van der Waals surface area contributed by atoms with Gasteiger partial charge in [0.1, 0.15) is 6.54 Å². The number of nitrogens with zero attached hydrogens (tertiary/aromatic N) is 1. The summed E-state index contributed by atoms with van der Waals surface area (Å²) in [6.07, 6.45) is 0. The molecule has 0 aliphatic rings. The summed E-state index contributed by atoms with van der Waals surface area (Å²) in [5.41, 5.74) is 3.36. The van der Waals surface area contributed by atoms with Crippen molar-refractivity contribution in [3.63, 3.8) is 0 Å². The van der Waals surface area contributed by atoms with E-state index in [-0.39, 0.29) is 36.9 Å². The summed E-state index contributed by atoms with van der Waals surface area (Å²) in [5, 5.41) is 5.29. The van der Waals surface area contributed by atoms with Gasteiger partial charge in [-0.25, -0.2) is 0 Å². The van der Waals surface area contributed by atoms with E-state index in [1.807, 2.05) is 52.0 Å². The van der Waals surface area contributed by atoms with Crippen LogP contribution in [0.25, 0.3) is 0 Å². The molecule has 0 bridgehead atoms. The Morgan fingerprint density at radius 1 is 0.857 bits per heavy atom. The third-order valence-corrected chi connectivity index (χ3v) is 4.28. The van der Waals surface area contributed by atoms with Gasteiger partial charge in [-0.1, -0.05) is 35.4 Å². The van der Waals surface area contributed by atoms with Gasteiger partial charge >= 0.3 is 0 Å². The molecule has 0 saturated heterocycles. The first-order valence-corrected chi connectivity index (χ1v) is 9.27. The number of benzene rings is 2. The third kappa shape index (κ3) is 6.23. The highest BCUT2D eigenvalue weighted by Gasteiger charge is 2.21. The zero-order valence-electron chi connectivity index (χ0n) is 16.8. The summed E-state index contributed by atoms with van der Waals surface area (Å²) >= 11 is 0. The number of anilines is 1. The molecule has 3 amide bonds. The van der Waals surface area contributed by atoms with Crippen molar-refractivity contribution in [1.29, 1.82) is 0 Å². The molecule has 148 valence electrons. The van der Waals surface area contributed by atoms with Crippen LogP contribution in [-0.4, -0.2) is 41.8 Å². The Morgan fingerprint density at radius 3 is 1.93 bits per heavy atom. The molecule has 2 rings (SSSR count). The van der Waals surface area contributed by atoms with Gasteiger partial charge in [0.25, 0.3) is 5.91 Å². The van der Waals surface area contributed by atoms with Gasteiger partial charge in [-0.05, 0) is 52.0 Å². The summed E-state index contributed by atoms with van der Waals surface area (Å²) in [6.45, 7) is 7.35. The maximum Gasteiger partial charge on any atom is 0.254 e. The number of aryl methyl sites for hydroxylation is 2. The Kier molecular flexibility index (Phi) is 7.32. The molecule has 0 aromatic heterocycles. The van der Waals surface area contributed by atoms with Crippen LogP contribution in [0.2, 0.25) is 0 Å². The minimum Gasteiger partial charge on any atom is -0.345 e. The molecule has 0 heterocycles. The highest BCUT2D eigenvalue weighted by molar-refractivity contribution is 5.98. The Morgan fingerprint density at radius 2 is 1.39 bits per heavy atom. The quantitative estimate of drug-likeness (QED) is 0.774. The van der Waals surface area contributed by atoms with Crippen LogP contribution >= 0.6 is 0 Å². The number of carbonyl (C=O) groups excluding carboxylic acids is 3. The summed E-state index contributed by atoms with van der Waals surface area (Å²) in [4.78, 5) is 38.5. The second-order valence-electron chi connectivity index (χ2n) is 7.08. The van der Waals surface area contributed by atoms with E-state index in [4.69, 9.17) is 0 Å². The minimum atomic E-state index is -0.381. The first-order chi connectivity index (χ1) is 13.3. The second kappa shape index (κ2) is 9.69. The highest BCUT2D eigenvalue weighted by atomic mass is 16.2. The smallest absolute Gasteiger partial charge is 0.254 e. The van der Waals surface area contributed by atoms with Crippen LogP contribution in [0.15, 0.2) is 48.5 Å². The Hall–Kier alpha value is -3.15. The van der Waals surface area contributed by atoms with Crippen LogP contribution in [0.1, 0.15) is 35.3 Å². The SMILES string of the molecule is Cc1ccc(NC(=O)CNC(=O)CN(C(=O)c2ccc(C)cc2)C(C)C)cc1. The van der Waals surface area contributed by atoms with E-state index >= 15 is 0 Å². The first kappa shape index (κ1) is 21.2. The molecular formula is C22H27N3O3. The zero-order valence-corrected chi connectivity index (χ0v) is 16.8. The average molecular weight is 381 g/mol. The number of hydrogen-bond acceptors (Lipinski definition) is 3. The van der Waals surface area contributed by atoms with Crippen LogP contribution in [0.4, 0.5) is 5.69 Å². The van der Waals surface area contributed by atoms with Gasteiger partial charge in [-0.15, -0.1) is 0 Å². The van der Waals surface area contributed by atoms with Gasteiger partial charge in [0.05, 0.1) is 6.54 Å². The fourth-order valence-corrected chi connectivity index (χ4v) is 2.58. The minimum absolute atomic E-state index is 0.109. The van der Waals surface area contributed by atoms with Crippen LogP contribution in [0.5, 0.6) is 0 Å².